The van der Waals surface area contributed by atoms with Gasteiger partial charge in [-0.25, -0.2) is 4.98 Å². The van der Waals surface area contributed by atoms with Crippen LogP contribution < -0.4 is 0 Å². The maximum Gasteiger partial charge on any atom is 0.418 e. The summed E-state index contributed by atoms with van der Waals surface area (Å²) in [6, 6.07) is 12.7. The van der Waals surface area contributed by atoms with Gasteiger partial charge in [-0.2, -0.15) is 18.3 Å². The van der Waals surface area contributed by atoms with Crippen LogP contribution in [-0.2, 0) is 18.5 Å². The quantitative estimate of drug-likeness (QED) is 0.215. The van der Waals surface area contributed by atoms with Gasteiger partial charge in [-0.3, -0.25) is 4.68 Å². The Balaban J connectivity index is 1.68. The molecule has 0 fully saturated rings. The zero-order chi connectivity index (χ0) is 24.7. The third-order valence-corrected chi connectivity index (χ3v) is 8.34. The molecule has 5 nitrogen and oxygen atoms in total. The number of fused-ring (bicyclic) bond motifs is 1. The summed E-state index contributed by atoms with van der Waals surface area (Å²) in [5.41, 5.74) is 1.60. The number of thioether (sulfide) groups is 1. The maximum atomic E-state index is 14.4. The highest BCUT2D eigenvalue weighted by atomic mass is 32.2. The van der Waals surface area contributed by atoms with E-state index in [2.05, 4.69) is 20.3 Å². The van der Waals surface area contributed by atoms with Crippen LogP contribution in [0.2, 0.25) is 0 Å². The maximum absolute atomic E-state index is 14.4. The minimum absolute atomic E-state index is 0.0508. The number of hydrogen-bond donors (Lipinski definition) is 0. The second-order valence-electron chi connectivity index (χ2n) is 8.01. The number of hydrogen-bond acceptors (Lipinski definition) is 7. The van der Waals surface area contributed by atoms with Gasteiger partial charge in [0, 0.05) is 20.9 Å². The average molecular weight is 532 g/mol. The minimum atomic E-state index is -4.55. The number of rotatable bonds is 6. The van der Waals surface area contributed by atoms with Crippen LogP contribution >= 0.6 is 34.4 Å². The van der Waals surface area contributed by atoms with Crippen molar-refractivity contribution in [3.8, 4) is 10.7 Å². The second kappa shape index (κ2) is 9.36. The zero-order valence-electron chi connectivity index (χ0n) is 19.1. The Kier molecular flexibility index (Phi) is 6.41. The van der Waals surface area contributed by atoms with Crippen molar-refractivity contribution in [3.63, 3.8) is 0 Å². The third kappa shape index (κ3) is 4.98. The molecule has 0 aliphatic carbocycles. The number of aromatic nitrogens is 5. The van der Waals surface area contributed by atoms with Crippen molar-refractivity contribution in [2.24, 2.45) is 0 Å². The SMILES string of the molecule is Cc1nnc(-c2nn(Cc3sc(C)nc3C)c3c(C(F)(F)F)cc(SCc4ccccc4)cc23)s1. The van der Waals surface area contributed by atoms with Crippen molar-refractivity contribution in [1.82, 2.24) is 25.0 Å². The van der Waals surface area contributed by atoms with Crippen LogP contribution in [0.15, 0.2) is 47.4 Å². The Morgan fingerprint density at radius 1 is 0.971 bits per heavy atom. The van der Waals surface area contributed by atoms with Crippen molar-refractivity contribution < 1.29 is 13.2 Å². The lowest BCUT2D eigenvalue weighted by Crippen LogP contribution is -2.10. The molecule has 5 rings (SSSR count). The van der Waals surface area contributed by atoms with Gasteiger partial charge < -0.3 is 0 Å². The molecule has 3 aromatic heterocycles. The number of thiazole rings is 1. The molecule has 0 spiro atoms. The van der Waals surface area contributed by atoms with Gasteiger partial charge in [0.05, 0.1) is 28.3 Å². The van der Waals surface area contributed by atoms with E-state index < -0.39 is 11.7 Å². The highest BCUT2D eigenvalue weighted by Gasteiger charge is 2.36. The highest BCUT2D eigenvalue weighted by Crippen LogP contribution is 2.42. The predicted octanol–water partition coefficient (Wildman–Crippen LogP) is 7.30. The van der Waals surface area contributed by atoms with Crippen LogP contribution in [0.5, 0.6) is 0 Å². The summed E-state index contributed by atoms with van der Waals surface area (Å²) >= 11 is 4.15. The molecule has 0 saturated heterocycles. The van der Waals surface area contributed by atoms with Gasteiger partial charge in [0.1, 0.15) is 10.7 Å². The normalized spacial score (nSPS) is 12.1. The van der Waals surface area contributed by atoms with Crippen molar-refractivity contribution in [2.75, 3.05) is 0 Å². The fourth-order valence-electron chi connectivity index (χ4n) is 3.85. The van der Waals surface area contributed by atoms with Crippen LogP contribution in [-0.4, -0.2) is 25.0 Å². The van der Waals surface area contributed by atoms with Gasteiger partial charge >= 0.3 is 6.18 Å². The average Bonchev–Trinajstić information content (AvgIpc) is 3.49. The summed E-state index contributed by atoms with van der Waals surface area (Å²) in [6.45, 7) is 5.76. The first-order chi connectivity index (χ1) is 16.7. The lowest BCUT2D eigenvalue weighted by Gasteiger charge is -2.13. The number of benzene rings is 2. The Hall–Kier alpha value is -2.76. The molecule has 0 aliphatic rings. The second-order valence-corrected chi connectivity index (χ2v) is 11.5. The smallest absolute Gasteiger partial charge is 0.258 e. The summed E-state index contributed by atoms with van der Waals surface area (Å²) in [7, 11) is 0. The molecule has 180 valence electrons. The van der Waals surface area contributed by atoms with Gasteiger partial charge in [0.25, 0.3) is 0 Å². The molecule has 0 unspecified atom stereocenters. The van der Waals surface area contributed by atoms with Gasteiger partial charge in [-0.1, -0.05) is 41.7 Å². The Labute approximate surface area is 212 Å². The van der Waals surface area contributed by atoms with Crippen molar-refractivity contribution in [3.05, 3.63) is 74.2 Å². The lowest BCUT2D eigenvalue weighted by molar-refractivity contribution is -0.136. The van der Waals surface area contributed by atoms with Gasteiger partial charge in [-0.15, -0.1) is 33.3 Å². The molecule has 0 saturated carbocycles. The van der Waals surface area contributed by atoms with Crippen molar-refractivity contribution in [2.45, 2.75) is 44.1 Å². The first-order valence-corrected chi connectivity index (χ1v) is 13.3. The number of halogens is 3. The van der Waals surface area contributed by atoms with E-state index in [0.29, 0.717) is 26.7 Å². The van der Waals surface area contributed by atoms with E-state index in [1.807, 2.05) is 51.1 Å². The zero-order valence-corrected chi connectivity index (χ0v) is 21.5. The largest absolute Gasteiger partial charge is 0.418 e. The minimum Gasteiger partial charge on any atom is -0.258 e. The molecule has 0 N–H and O–H groups in total. The fraction of sp³-hybridized carbons (Fsp3) is 0.250. The summed E-state index contributed by atoms with van der Waals surface area (Å²) in [6.07, 6.45) is -4.55. The molecule has 35 heavy (non-hydrogen) atoms. The molecule has 0 bridgehead atoms. The Morgan fingerprint density at radius 3 is 2.37 bits per heavy atom. The molecule has 0 amide bonds. The fourth-order valence-corrected chi connectivity index (χ4v) is 6.39. The third-order valence-electron chi connectivity index (χ3n) is 5.39. The first kappa shape index (κ1) is 24.0. The first-order valence-electron chi connectivity index (χ1n) is 10.7. The monoisotopic (exact) mass is 531 g/mol. The van der Waals surface area contributed by atoms with Crippen molar-refractivity contribution >= 4 is 45.3 Å². The summed E-state index contributed by atoms with van der Waals surface area (Å²) in [4.78, 5) is 5.83. The number of aryl methyl sites for hydroxylation is 3. The summed E-state index contributed by atoms with van der Waals surface area (Å²) in [5.74, 6) is 0.560. The van der Waals surface area contributed by atoms with Gasteiger partial charge in [0.15, 0.2) is 5.01 Å². The molecule has 0 radical (unpaired) electrons. The summed E-state index contributed by atoms with van der Waals surface area (Å²) < 4.78 is 44.6. The molecule has 0 atom stereocenters. The van der Waals surface area contributed by atoms with Gasteiger partial charge in [-0.05, 0) is 38.5 Å². The predicted molar refractivity (Wildman–Crippen MR) is 135 cm³/mol. The Morgan fingerprint density at radius 2 is 1.74 bits per heavy atom. The van der Waals surface area contributed by atoms with E-state index in [9.17, 15) is 13.2 Å². The topological polar surface area (TPSA) is 56.5 Å². The van der Waals surface area contributed by atoms with E-state index in [4.69, 9.17) is 0 Å². The molecule has 5 aromatic rings. The number of nitrogens with zero attached hydrogens (tertiary/aromatic N) is 5. The van der Waals surface area contributed by atoms with E-state index in [0.717, 1.165) is 26.1 Å². The van der Waals surface area contributed by atoms with Gasteiger partial charge in [0.2, 0.25) is 0 Å². The molecule has 2 aromatic carbocycles. The van der Waals surface area contributed by atoms with Crippen LogP contribution in [0.1, 0.15) is 31.7 Å². The van der Waals surface area contributed by atoms with E-state index in [1.165, 1.54) is 45.2 Å². The van der Waals surface area contributed by atoms with Crippen molar-refractivity contribution in [1.29, 1.82) is 0 Å². The summed E-state index contributed by atoms with van der Waals surface area (Å²) in [5, 5.41) is 15.4. The molecular formula is C24H20F3N5S3. The molecule has 3 heterocycles. The lowest BCUT2D eigenvalue weighted by atomic mass is 10.1. The standard InChI is InChI=1S/C24H20F3N5S3/c1-13-20(34-14(2)28-13)11-32-22-18(21(31-32)23-30-29-15(3)35-23)9-17(10-19(22)24(25,26)27)33-12-16-7-5-4-6-8-16/h4-10H,11-12H2,1-3H3. The van der Waals surface area contributed by atoms with Crippen LogP contribution in [0.4, 0.5) is 13.2 Å². The van der Waals surface area contributed by atoms with E-state index in [-0.39, 0.29) is 12.1 Å². The highest BCUT2D eigenvalue weighted by molar-refractivity contribution is 7.98. The van der Waals surface area contributed by atoms with Crippen LogP contribution in [0, 0.1) is 20.8 Å². The van der Waals surface area contributed by atoms with E-state index in [1.54, 1.807) is 6.07 Å². The molecule has 0 aliphatic heterocycles. The Bertz CT molecular complexity index is 1500. The number of alkyl halides is 3. The van der Waals surface area contributed by atoms with E-state index >= 15 is 0 Å². The van der Waals surface area contributed by atoms with Crippen LogP contribution in [0.25, 0.3) is 21.6 Å². The van der Waals surface area contributed by atoms with Crippen LogP contribution in [0.3, 0.4) is 0 Å². The molecular weight excluding hydrogens is 511 g/mol. The molecule has 11 heteroatoms.